The molecule has 0 amide bonds. The molecule has 0 spiro atoms. The van der Waals surface area contributed by atoms with Crippen LogP contribution in [0.1, 0.15) is 5.56 Å². The molecule has 3 nitrogen and oxygen atoms in total. The molecule has 1 aromatic carbocycles. The Bertz CT molecular complexity index is 484. The second kappa shape index (κ2) is 5.23. The van der Waals surface area contributed by atoms with Crippen molar-refractivity contribution in [2.75, 3.05) is 11.9 Å². The molecule has 0 saturated heterocycles. The first-order chi connectivity index (χ1) is 8.20. The summed E-state index contributed by atoms with van der Waals surface area (Å²) in [5, 5.41) is 0.730. The van der Waals surface area contributed by atoms with Gasteiger partial charge in [0, 0.05) is 30.5 Å². The number of halogens is 2. The van der Waals surface area contributed by atoms with Crippen molar-refractivity contribution < 1.29 is 4.39 Å². The van der Waals surface area contributed by atoms with Crippen molar-refractivity contribution in [2.45, 2.75) is 5.33 Å². The quantitative estimate of drug-likeness (QED) is 0.814. The first-order valence-electron chi connectivity index (χ1n) is 5.07. The standard InChI is InChI=1S/C12H11BrFN3/c1-17(11-4-2-10(14)3-5-11)12-15-7-9(6-13)8-16-12/h2-5,7-8H,6H2,1H3. The van der Waals surface area contributed by atoms with E-state index >= 15 is 0 Å². The third-order valence-electron chi connectivity index (χ3n) is 2.36. The Balaban J connectivity index is 2.23. The summed E-state index contributed by atoms with van der Waals surface area (Å²) in [6.45, 7) is 0. The molecule has 0 fully saturated rings. The molecule has 0 unspecified atom stereocenters. The summed E-state index contributed by atoms with van der Waals surface area (Å²) in [4.78, 5) is 10.3. The Morgan fingerprint density at radius 1 is 1.18 bits per heavy atom. The molecule has 0 atom stereocenters. The van der Waals surface area contributed by atoms with Gasteiger partial charge in [0.1, 0.15) is 5.82 Å². The Morgan fingerprint density at radius 2 is 1.76 bits per heavy atom. The minimum absolute atomic E-state index is 0.252. The molecule has 0 saturated carbocycles. The van der Waals surface area contributed by atoms with E-state index in [4.69, 9.17) is 0 Å². The van der Waals surface area contributed by atoms with Gasteiger partial charge in [0.25, 0.3) is 0 Å². The van der Waals surface area contributed by atoms with Crippen LogP contribution in [0.5, 0.6) is 0 Å². The number of aromatic nitrogens is 2. The normalized spacial score (nSPS) is 10.3. The molecule has 0 N–H and O–H groups in total. The Morgan fingerprint density at radius 3 is 2.29 bits per heavy atom. The highest BCUT2D eigenvalue weighted by Gasteiger charge is 2.06. The number of nitrogens with zero attached hydrogens (tertiary/aromatic N) is 3. The maximum atomic E-state index is 12.8. The van der Waals surface area contributed by atoms with Gasteiger partial charge < -0.3 is 4.90 Å². The summed E-state index contributed by atoms with van der Waals surface area (Å²) in [6.07, 6.45) is 3.52. The first kappa shape index (κ1) is 12.0. The average molecular weight is 296 g/mol. The molecule has 1 heterocycles. The lowest BCUT2D eigenvalue weighted by atomic mass is 10.3. The van der Waals surface area contributed by atoms with E-state index < -0.39 is 0 Å². The minimum Gasteiger partial charge on any atom is -0.314 e. The average Bonchev–Trinajstić information content (AvgIpc) is 2.39. The van der Waals surface area contributed by atoms with E-state index in [9.17, 15) is 4.39 Å². The molecule has 2 aromatic rings. The zero-order valence-electron chi connectivity index (χ0n) is 9.27. The zero-order chi connectivity index (χ0) is 12.3. The molecule has 88 valence electrons. The van der Waals surface area contributed by atoms with Gasteiger partial charge in [0.15, 0.2) is 0 Å². The lowest BCUT2D eigenvalue weighted by Gasteiger charge is -2.16. The fourth-order valence-electron chi connectivity index (χ4n) is 1.37. The van der Waals surface area contributed by atoms with Gasteiger partial charge in [-0.05, 0) is 29.8 Å². The first-order valence-corrected chi connectivity index (χ1v) is 6.19. The monoisotopic (exact) mass is 295 g/mol. The fourth-order valence-corrected chi connectivity index (χ4v) is 1.66. The summed E-state index contributed by atoms with van der Waals surface area (Å²) in [5.41, 5.74) is 1.86. The maximum Gasteiger partial charge on any atom is 0.229 e. The number of hydrogen-bond donors (Lipinski definition) is 0. The summed E-state index contributed by atoms with van der Waals surface area (Å²) in [7, 11) is 1.84. The van der Waals surface area contributed by atoms with Gasteiger partial charge in [-0.1, -0.05) is 15.9 Å². The van der Waals surface area contributed by atoms with Gasteiger partial charge in [-0.25, -0.2) is 14.4 Å². The molecule has 0 bridgehead atoms. The van der Waals surface area contributed by atoms with Crippen LogP contribution in [0, 0.1) is 5.82 Å². The van der Waals surface area contributed by atoms with Gasteiger partial charge in [-0.15, -0.1) is 0 Å². The lowest BCUT2D eigenvalue weighted by molar-refractivity contribution is 0.628. The van der Waals surface area contributed by atoms with Gasteiger partial charge in [0.2, 0.25) is 5.95 Å². The summed E-state index contributed by atoms with van der Waals surface area (Å²) in [6, 6.07) is 6.21. The SMILES string of the molecule is CN(c1ccc(F)cc1)c1ncc(CBr)cn1. The molecule has 0 aliphatic rings. The van der Waals surface area contributed by atoms with Crippen LogP contribution in [0.3, 0.4) is 0 Å². The zero-order valence-corrected chi connectivity index (χ0v) is 10.9. The minimum atomic E-state index is -0.252. The number of rotatable bonds is 3. The van der Waals surface area contributed by atoms with E-state index in [1.807, 2.05) is 7.05 Å². The van der Waals surface area contributed by atoms with E-state index in [-0.39, 0.29) is 5.82 Å². The Labute approximate surface area is 107 Å². The molecule has 5 heteroatoms. The van der Waals surface area contributed by atoms with Crippen molar-refractivity contribution in [1.82, 2.24) is 9.97 Å². The highest BCUT2D eigenvalue weighted by atomic mass is 79.9. The molecule has 0 aliphatic carbocycles. The smallest absolute Gasteiger partial charge is 0.229 e. The van der Waals surface area contributed by atoms with Crippen LogP contribution in [0.2, 0.25) is 0 Å². The largest absolute Gasteiger partial charge is 0.314 e. The Kier molecular flexibility index (Phi) is 3.68. The van der Waals surface area contributed by atoms with Crippen molar-refractivity contribution in [1.29, 1.82) is 0 Å². The van der Waals surface area contributed by atoms with E-state index in [2.05, 4.69) is 25.9 Å². The van der Waals surface area contributed by atoms with Crippen molar-refractivity contribution in [3.8, 4) is 0 Å². The molecule has 1 aromatic heterocycles. The molecular formula is C12H11BrFN3. The molecule has 0 aliphatic heterocycles. The number of anilines is 2. The van der Waals surface area contributed by atoms with Crippen molar-refractivity contribution in [3.05, 3.63) is 48.0 Å². The molecular weight excluding hydrogens is 285 g/mol. The van der Waals surface area contributed by atoms with E-state index in [0.29, 0.717) is 5.95 Å². The lowest BCUT2D eigenvalue weighted by Crippen LogP contribution is -2.12. The highest BCUT2D eigenvalue weighted by molar-refractivity contribution is 9.08. The number of hydrogen-bond acceptors (Lipinski definition) is 3. The van der Waals surface area contributed by atoms with Crippen LogP contribution < -0.4 is 4.90 Å². The molecule has 2 rings (SSSR count). The van der Waals surface area contributed by atoms with Gasteiger partial charge >= 0.3 is 0 Å². The maximum absolute atomic E-state index is 12.8. The van der Waals surface area contributed by atoms with Crippen LogP contribution in [-0.4, -0.2) is 17.0 Å². The number of alkyl halides is 1. The molecule has 17 heavy (non-hydrogen) atoms. The van der Waals surface area contributed by atoms with Crippen LogP contribution in [0.15, 0.2) is 36.7 Å². The van der Waals surface area contributed by atoms with E-state index in [1.54, 1.807) is 29.4 Å². The van der Waals surface area contributed by atoms with Crippen molar-refractivity contribution in [3.63, 3.8) is 0 Å². The second-order valence-electron chi connectivity index (χ2n) is 3.56. The third-order valence-corrected chi connectivity index (χ3v) is 3.01. The Hall–Kier alpha value is -1.49. The fraction of sp³-hybridized carbons (Fsp3) is 0.167. The third kappa shape index (κ3) is 2.79. The van der Waals surface area contributed by atoms with Crippen LogP contribution in [0.4, 0.5) is 16.0 Å². The van der Waals surface area contributed by atoms with E-state index in [0.717, 1.165) is 16.6 Å². The summed E-state index contributed by atoms with van der Waals surface area (Å²) >= 11 is 3.34. The summed E-state index contributed by atoms with van der Waals surface area (Å²) < 4.78 is 12.8. The second-order valence-corrected chi connectivity index (χ2v) is 4.12. The predicted octanol–water partition coefficient (Wildman–Crippen LogP) is 3.28. The number of benzene rings is 1. The predicted molar refractivity (Wildman–Crippen MR) is 69.1 cm³/mol. The van der Waals surface area contributed by atoms with Crippen molar-refractivity contribution in [2.24, 2.45) is 0 Å². The van der Waals surface area contributed by atoms with Crippen LogP contribution in [0.25, 0.3) is 0 Å². The van der Waals surface area contributed by atoms with E-state index in [1.165, 1.54) is 12.1 Å². The van der Waals surface area contributed by atoms with Crippen LogP contribution >= 0.6 is 15.9 Å². The van der Waals surface area contributed by atoms with Gasteiger partial charge in [0.05, 0.1) is 0 Å². The van der Waals surface area contributed by atoms with Gasteiger partial charge in [-0.2, -0.15) is 0 Å². The topological polar surface area (TPSA) is 29.0 Å². The van der Waals surface area contributed by atoms with Crippen molar-refractivity contribution >= 4 is 27.6 Å². The molecule has 0 radical (unpaired) electrons. The van der Waals surface area contributed by atoms with Crippen LogP contribution in [-0.2, 0) is 5.33 Å². The van der Waals surface area contributed by atoms with Gasteiger partial charge in [-0.3, -0.25) is 0 Å². The summed E-state index contributed by atoms with van der Waals surface area (Å²) in [5.74, 6) is 0.332. The highest BCUT2D eigenvalue weighted by Crippen LogP contribution is 2.19.